The van der Waals surface area contributed by atoms with Gasteiger partial charge < -0.3 is 72.7 Å². The number of carbonyl (C=O) groups excluding carboxylic acids is 5. The van der Waals surface area contributed by atoms with E-state index < -0.39 is 129 Å². The number of hydrogen-bond acceptors (Lipinski definition) is 20. The summed E-state index contributed by atoms with van der Waals surface area (Å²) in [7, 11) is 9.61. The highest BCUT2D eigenvalue weighted by Gasteiger charge is 2.62. The van der Waals surface area contributed by atoms with Gasteiger partial charge in [0, 0.05) is 75.1 Å². The Morgan fingerprint density at radius 3 is 2.16 bits per heavy atom. The number of alkyl halides is 1. The Balaban J connectivity index is 1.34. The smallest absolute Gasteiger partial charge is 0.320 e. The van der Waals surface area contributed by atoms with Gasteiger partial charge in [0.2, 0.25) is 5.91 Å². The zero-order valence-corrected chi connectivity index (χ0v) is 53.3. The minimum absolute atomic E-state index is 0.0148. The number of anilines is 1. The van der Waals surface area contributed by atoms with Crippen molar-refractivity contribution in [3.63, 3.8) is 0 Å². The molecule has 0 saturated carbocycles. The number of pyridine rings is 1. The number of methoxy groups -OCH3 is 3. The van der Waals surface area contributed by atoms with E-state index in [0.29, 0.717) is 12.2 Å². The monoisotopic (exact) mass is 1310 g/mol. The van der Waals surface area contributed by atoms with Crippen LogP contribution in [0.2, 0.25) is 10.0 Å². The number of benzene rings is 1. The van der Waals surface area contributed by atoms with Gasteiger partial charge in [0.05, 0.1) is 83.6 Å². The Labute approximate surface area is 503 Å². The van der Waals surface area contributed by atoms with E-state index in [0.717, 1.165) is 0 Å². The number of esters is 2. The molecule has 2 aromatic rings. The highest BCUT2D eigenvalue weighted by atomic mass is 127. The first-order chi connectivity index (χ1) is 37.9. The third-order valence-corrected chi connectivity index (χ3v) is 19.8. The second-order valence-corrected chi connectivity index (χ2v) is 25.9. The fraction of sp³-hybridized carbons (Fsp3) is 0.714. The summed E-state index contributed by atoms with van der Waals surface area (Å²) in [6, 6.07) is 3.89. The highest BCUT2D eigenvalue weighted by molar-refractivity contribution is 14.1. The number of ketones is 1. The Morgan fingerprint density at radius 1 is 0.889 bits per heavy atom. The maximum atomic E-state index is 15.3. The van der Waals surface area contributed by atoms with Gasteiger partial charge in [-0.05, 0) is 109 Å². The van der Waals surface area contributed by atoms with Gasteiger partial charge in [0.25, 0.3) is 5.91 Å². The maximum Gasteiger partial charge on any atom is 0.320 e. The summed E-state index contributed by atoms with van der Waals surface area (Å²) < 4.78 is 62.1. The van der Waals surface area contributed by atoms with Crippen molar-refractivity contribution in [1.82, 2.24) is 14.8 Å². The van der Waals surface area contributed by atoms with Gasteiger partial charge in [-0.2, -0.15) is 0 Å². The number of carbonyl (C=O) groups is 5. The number of aliphatic hydroxyl groups is 2. The van der Waals surface area contributed by atoms with Crippen molar-refractivity contribution in [1.29, 1.82) is 0 Å². The normalized spacial score (nSPS) is 36.9. The van der Waals surface area contributed by atoms with Gasteiger partial charge in [0.15, 0.2) is 33.8 Å². The molecule has 0 bridgehead atoms. The first-order valence-corrected chi connectivity index (χ1v) is 30.1. The first-order valence-electron chi connectivity index (χ1n) is 27.1. The van der Waals surface area contributed by atoms with Crippen molar-refractivity contribution in [3.05, 3.63) is 46.2 Å². The van der Waals surface area contributed by atoms with Gasteiger partial charge >= 0.3 is 11.9 Å². The molecule has 19 atom stereocenters. The third kappa shape index (κ3) is 14.9. The molecule has 0 radical (unpaired) electrons. The van der Waals surface area contributed by atoms with E-state index in [2.05, 4.69) is 10.3 Å². The number of amides is 2. The predicted molar refractivity (Wildman–Crippen MR) is 311 cm³/mol. The quantitative estimate of drug-likeness (QED) is 0.0634. The van der Waals surface area contributed by atoms with Crippen LogP contribution in [0, 0.1) is 29.6 Å². The average Bonchev–Trinajstić information content (AvgIpc) is 3.69. The van der Waals surface area contributed by atoms with Gasteiger partial charge in [-0.25, -0.2) is 0 Å². The highest BCUT2D eigenvalue weighted by Crippen LogP contribution is 2.50. The van der Waals surface area contributed by atoms with E-state index in [1.165, 1.54) is 56.5 Å². The van der Waals surface area contributed by atoms with Crippen molar-refractivity contribution in [3.8, 4) is 11.5 Å². The standard InChI is InChI=1S/C56H81Cl2IN4O17S/c1-27-22-55(8,73-15)48(78-52-44(66)36(20-28(2)75-52)63(12)39(64)26-62(10)11)30(4)45(77-40-23-54(7,72-14)47(67)32(6)76-40)31(5)50(69)79-53(59)56(9)41(29(3)43(27)65)46(51(70)80-56)81-19-18-74-38-21-33(16-17-37(38)71-13)49(68)61-42-34(57)24-60-25-35(42)58/h16-17,21,24-25,27-32,36,40-41,44-48,52-53,66-67H,18-20,22-23,26H2,1-15H3,(H,60,61,68)/t27-,28-,29-,30+,31-,32+,36+,40+,41+,44-,45+,46?,47+,48-,52+,53+,54-,55-,56+/m1/s1. The molecule has 4 aliphatic heterocycles. The number of cyclic esters (lactones) is 1. The number of nitrogens with one attached hydrogen (secondary N) is 1. The zero-order chi connectivity index (χ0) is 60.2. The van der Waals surface area contributed by atoms with Gasteiger partial charge in [0.1, 0.15) is 23.2 Å². The molecule has 25 heteroatoms. The molecule has 1 aromatic heterocycles. The van der Waals surface area contributed by atoms with Crippen LogP contribution in [0.15, 0.2) is 30.6 Å². The minimum Gasteiger partial charge on any atom is -0.493 e. The molecule has 0 aliphatic carbocycles. The predicted octanol–water partition coefficient (Wildman–Crippen LogP) is 6.84. The fourth-order valence-corrected chi connectivity index (χ4v) is 14.3. The van der Waals surface area contributed by atoms with Crippen molar-refractivity contribution in [2.24, 2.45) is 29.6 Å². The first kappa shape index (κ1) is 67.0. The Morgan fingerprint density at radius 2 is 1.54 bits per heavy atom. The molecular weight excluding hydrogens is 1230 g/mol. The molecular formula is C56H81Cl2IN4O17S. The molecule has 3 N–H and O–H groups in total. The average molecular weight is 1310 g/mol. The molecule has 1 unspecified atom stereocenters. The van der Waals surface area contributed by atoms with Gasteiger partial charge in [-0.3, -0.25) is 29.0 Å². The van der Waals surface area contributed by atoms with E-state index >= 15 is 4.79 Å². The second-order valence-electron chi connectivity index (χ2n) is 22.7. The maximum absolute atomic E-state index is 15.3. The number of Topliss-reactive ketones (excluding diaryl/α,β-unsaturated/α-hetero) is 1. The van der Waals surface area contributed by atoms with Crippen molar-refractivity contribution < 1.29 is 81.6 Å². The number of ether oxygens (including phenoxy) is 10. The number of thioether (sulfide) groups is 1. The summed E-state index contributed by atoms with van der Waals surface area (Å²) in [5.41, 5.74) is -3.68. The molecule has 2 amide bonds. The SMILES string of the molecule is COc1ccc(C(=O)Nc2c(Cl)cncc2Cl)cc1OCCSC1C(=O)O[C@@]2(C)[C@H]1[C@@H](C)C(=O)[C@H](C)C[C@@](C)(OC)[C@H](O[C@@H]1O[C@H](C)C[C@H](N(C)C(=O)CN(C)C)[C@H]1O)[C@@H](C)[C@H](O[C@H]1C[C@@](C)(OC)[C@@H](O)[C@H](C)O1)[C@@H](C)C(=O)O[C@@H]2I. The number of hydrogen-bond donors (Lipinski definition) is 3. The molecule has 81 heavy (non-hydrogen) atoms. The number of fused-ring (bicyclic) bond motifs is 1. The van der Waals surface area contributed by atoms with E-state index in [-0.39, 0.29) is 70.5 Å². The second kappa shape index (κ2) is 27.9. The minimum atomic E-state index is -1.55. The lowest BCUT2D eigenvalue weighted by molar-refractivity contribution is -0.319. The van der Waals surface area contributed by atoms with Gasteiger partial charge in [-0.1, -0.05) is 44.0 Å². The molecule has 4 aliphatic rings. The summed E-state index contributed by atoms with van der Waals surface area (Å²) >= 11 is 15.7. The lowest BCUT2D eigenvalue weighted by Crippen LogP contribution is -2.62. The van der Waals surface area contributed by atoms with E-state index in [9.17, 15) is 29.4 Å². The lowest BCUT2D eigenvalue weighted by atomic mass is 9.72. The summed E-state index contributed by atoms with van der Waals surface area (Å²) in [5, 5.41) is 25.4. The lowest BCUT2D eigenvalue weighted by Gasteiger charge is -2.50. The fourth-order valence-electron chi connectivity index (χ4n) is 11.7. The van der Waals surface area contributed by atoms with Crippen LogP contribution in [0.3, 0.4) is 0 Å². The third-order valence-electron chi connectivity index (χ3n) is 16.5. The largest absolute Gasteiger partial charge is 0.493 e. The van der Waals surface area contributed by atoms with Crippen molar-refractivity contribution >= 4 is 92.8 Å². The molecule has 1 aromatic carbocycles. The summed E-state index contributed by atoms with van der Waals surface area (Å²) in [6.07, 6.45) is -5.20. The molecule has 21 nitrogen and oxygen atoms in total. The molecule has 5 heterocycles. The van der Waals surface area contributed by atoms with Crippen LogP contribution in [0.1, 0.15) is 91.9 Å². The number of aromatic nitrogens is 1. The Hall–Kier alpha value is -3.18. The topological polar surface area (TPSA) is 250 Å². The molecule has 6 rings (SSSR count). The van der Waals surface area contributed by atoms with Crippen LogP contribution in [0.25, 0.3) is 0 Å². The summed E-state index contributed by atoms with van der Waals surface area (Å²) in [6.45, 7) is 15.8. The van der Waals surface area contributed by atoms with E-state index in [1.807, 2.05) is 29.5 Å². The molecule has 0 spiro atoms. The Kier molecular flexibility index (Phi) is 23.1. The van der Waals surface area contributed by atoms with Crippen LogP contribution < -0.4 is 14.8 Å². The molecule has 4 fully saturated rings. The zero-order valence-electron chi connectivity index (χ0n) is 48.8. The van der Waals surface area contributed by atoms with E-state index in [4.69, 9.17) is 70.6 Å². The number of nitrogens with zero attached hydrogens (tertiary/aromatic N) is 3. The summed E-state index contributed by atoms with van der Waals surface area (Å²) in [5.74, 6) is -6.09. The summed E-state index contributed by atoms with van der Waals surface area (Å²) in [4.78, 5) is 78.6. The number of likely N-dealkylation sites (N-methyl/N-ethyl adjacent to an activating group) is 2. The molecule has 454 valence electrons. The number of aliphatic hydroxyl groups excluding tert-OH is 2. The van der Waals surface area contributed by atoms with Crippen molar-refractivity contribution in [2.45, 2.75) is 163 Å². The van der Waals surface area contributed by atoms with Crippen LogP contribution in [0.5, 0.6) is 11.5 Å². The van der Waals surface area contributed by atoms with E-state index in [1.54, 1.807) is 93.6 Å². The number of rotatable bonds is 17. The van der Waals surface area contributed by atoms with Crippen LogP contribution in [-0.2, 0) is 57.1 Å². The van der Waals surface area contributed by atoms with Gasteiger partial charge in [-0.15, -0.1) is 11.8 Å². The van der Waals surface area contributed by atoms with Crippen LogP contribution in [0.4, 0.5) is 5.69 Å². The van der Waals surface area contributed by atoms with Crippen LogP contribution in [-0.4, -0.2) is 197 Å². The number of halogens is 3. The Bertz CT molecular complexity index is 2540. The van der Waals surface area contributed by atoms with Crippen molar-refractivity contribution in [2.75, 3.05) is 66.7 Å². The van der Waals surface area contributed by atoms with Crippen LogP contribution >= 0.6 is 57.6 Å². The molecule has 4 saturated heterocycles.